The molecule has 0 unspecified atom stereocenters. The van der Waals surface area contributed by atoms with E-state index >= 15 is 0 Å². The Bertz CT molecular complexity index is 512. The lowest BCUT2D eigenvalue weighted by Crippen LogP contribution is -2.35. The van der Waals surface area contributed by atoms with E-state index in [0.717, 1.165) is 0 Å². The molecule has 1 aromatic carbocycles. The zero-order chi connectivity index (χ0) is 15.8. The second kappa shape index (κ2) is 9.80. The Morgan fingerprint density at radius 1 is 1.45 bits per heavy atom. The number of likely N-dealkylation sites (N-methyl/N-ethyl adjacent to an activating group) is 2. The highest BCUT2D eigenvalue weighted by Crippen LogP contribution is 2.30. The molecule has 0 spiro atoms. The number of hydrogen-bond donors (Lipinski definition) is 1. The van der Waals surface area contributed by atoms with Gasteiger partial charge in [-0.15, -0.1) is 12.4 Å². The maximum Gasteiger partial charge on any atom is 0.311 e. The molecule has 1 amide bonds. The molecule has 0 aliphatic carbocycles. The van der Waals surface area contributed by atoms with Crippen molar-refractivity contribution < 1.29 is 19.2 Å². The van der Waals surface area contributed by atoms with Gasteiger partial charge in [0.15, 0.2) is 6.61 Å². The van der Waals surface area contributed by atoms with Gasteiger partial charge in [-0.25, -0.2) is 0 Å². The Labute approximate surface area is 134 Å². The molecule has 8 nitrogen and oxygen atoms in total. The van der Waals surface area contributed by atoms with Crippen molar-refractivity contribution in [2.75, 3.05) is 40.9 Å². The summed E-state index contributed by atoms with van der Waals surface area (Å²) in [5.41, 5.74) is -0.151. The van der Waals surface area contributed by atoms with Crippen molar-refractivity contribution in [3.8, 4) is 11.5 Å². The quantitative estimate of drug-likeness (QED) is 0.565. The molecule has 1 aromatic rings. The lowest BCUT2D eigenvalue weighted by Gasteiger charge is -2.17. The standard InChI is InChI=1S/C13H19N3O5.ClH/c1-14-6-7-15(2)13(17)9-21-10-4-5-11(16(18)19)12(8-10)20-3;/h4-5,8,14H,6-7,9H2,1-3H3;1H. The van der Waals surface area contributed by atoms with Gasteiger partial charge in [0, 0.05) is 32.3 Å². The Morgan fingerprint density at radius 2 is 2.14 bits per heavy atom. The van der Waals surface area contributed by atoms with Crippen LogP contribution in [0.1, 0.15) is 0 Å². The van der Waals surface area contributed by atoms with E-state index in [2.05, 4.69) is 5.32 Å². The highest BCUT2D eigenvalue weighted by molar-refractivity contribution is 5.85. The van der Waals surface area contributed by atoms with Crippen LogP contribution in [0, 0.1) is 10.1 Å². The number of ether oxygens (including phenoxy) is 2. The number of carbonyl (C=O) groups excluding carboxylic acids is 1. The second-order valence-electron chi connectivity index (χ2n) is 4.30. The first kappa shape index (κ1) is 19.9. The summed E-state index contributed by atoms with van der Waals surface area (Å²) in [4.78, 5) is 23.5. The number of benzene rings is 1. The van der Waals surface area contributed by atoms with E-state index in [1.54, 1.807) is 19.0 Å². The van der Waals surface area contributed by atoms with E-state index in [9.17, 15) is 14.9 Å². The minimum atomic E-state index is -0.542. The molecule has 22 heavy (non-hydrogen) atoms. The first-order valence-corrected chi connectivity index (χ1v) is 6.33. The molecule has 0 aliphatic rings. The minimum absolute atomic E-state index is 0. The molecule has 0 atom stereocenters. The Hall–Kier alpha value is -2.06. The van der Waals surface area contributed by atoms with E-state index < -0.39 is 4.92 Å². The number of amides is 1. The van der Waals surface area contributed by atoms with Crippen LogP contribution in [0.2, 0.25) is 0 Å². The van der Waals surface area contributed by atoms with E-state index in [1.165, 1.54) is 25.3 Å². The summed E-state index contributed by atoms with van der Waals surface area (Å²) < 4.78 is 10.3. The Kier molecular flexibility index (Phi) is 8.88. The van der Waals surface area contributed by atoms with Crippen molar-refractivity contribution in [3.63, 3.8) is 0 Å². The maximum absolute atomic E-state index is 11.8. The molecule has 0 aromatic heterocycles. The van der Waals surface area contributed by atoms with Crippen LogP contribution in [0.15, 0.2) is 18.2 Å². The number of nitro benzene ring substituents is 1. The van der Waals surface area contributed by atoms with Crippen LogP contribution in [0.5, 0.6) is 11.5 Å². The molecule has 0 saturated heterocycles. The monoisotopic (exact) mass is 333 g/mol. The first-order valence-electron chi connectivity index (χ1n) is 6.33. The van der Waals surface area contributed by atoms with E-state index in [1.807, 2.05) is 0 Å². The molecule has 0 bridgehead atoms. The van der Waals surface area contributed by atoms with Gasteiger partial charge in [-0.05, 0) is 13.1 Å². The van der Waals surface area contributed by atoms with Gasteiger partial charge < -0.3 is 19.7 Å². The van der Waals surface area contributed by atoms with E-state index in [4.69, 9.17) is 9.47 Å². The molecule has 0 radical (unpaired) electrons. The molecule has 0 saturated carbocycles. The fourth-order valence-electron chi connectivity index (χ4n) is 1.56. The molecule has 124 valence electrons. The van der Waals surface area contributed by atoms with Crippen LogP contribution >= 0.6 is 12.4 Å². The molecule has 9 heteroatoms. The lowest BCUT2D eigenvalue weighted by molar-refractivity contribution is -0.385. The summed E-state index contributed by atoms with van der Waals surface area (Å²) in [6, 6.07) is 4.10. The predicted octanol–water partition coefficient (Wildman–Crippen LogP) is 1.08. The number of carbonyl (C=O) groups is 1. The first-order chi connectivity index (χ1) is 9.99. The number of nitrogens with one attached hydrogen (secondary N) is 1. The minimum Gasteiger partial charge on any atom is -0.490 e. The number of halogens is 1. The van der Waals surface area contributed by atoms with Crippen LogP contribution in [-0.4, -0.2) is 56.6 Å². The van der Waals surface area contributed by atoms with Gasteiger partial charge >= 0.3 is 5.69 Å². The van der Waals surface area contributed by atoms with Crippen molar-refractivity contribution >= 4 is 24.0 Å². The van der Waals surface area contributed by atoms with Crippen LogP contribution in [-0.2, 0) is 4.79 Å². The third-order valence-corrected chi connectivity index (χ3v) is 2.83. The molecule has 1 N–H and O–H groups in total. The van der Waals surface area contributed by atoms with Crippen molar-refractivity contribution in [2.24, 2.45) is 0 Å². The lowest BCUT2D eigenvalue weighted by atomic mass is 10.3. The topological polar surface area (TPSA) is 93.9 Å². The van der Waals surface area contributed by atoms with Crippen molar-refractivity contribution in [1.29, 1.82) is 0 Å². The number of nitro groups is 1. The SMILES string of the molecule is CNCCN(C)C(=O)COc1ccc([N+](=O)[O-])c(OC)c1.Cl. The van der Waals surface area contributed by atoms with Crippen molar-refractivity contribution in [1.82, 2.24) is 10.2 Å². The third-order valence-electron chi connectivity index (χ3n) is 2.83. The summed E-state index contributed by atoms with van der Waals surface area (Å²) in [6.07, 6.45) is 0. The number of rotatable bonds is 8. The highest BCUT2D eigenvalue weighted by atomic mass is 35.5. The van der Waals surface area contributed by atoms with Crippen LogP contribution < -0.4 is 14.8 Å². The fourth-order valence-corrected chi connectivity index (χ4v) is 1.56. The highest BCUT2D eigenvalue weighted by Gasteiger charge is 2.16. The summed E-state index contributed by atoms with van der Waals surface area (Å²) >= 11 is 0. The largest absolute Gasteiger partial charge is 0.490 e. The molecule has 1 rings (SSSR count). The predicted molar refractivity (Wildman–Crippen MR) is 84.0 cm³/mol. The zero-order valence-corrected chi connectivity index (χ0v) is 13.5. The Morgan fingerprint density at radius 3 is 2.68 bits per heavy atom. The summed E-state index contributed by atoms with van der Waals surface area (Å²) in [6.45, 7) is 1.12. The van der Waals surface area contributed by atoms with E-state index in [-0.39, 0.29) is 36.4 Å². The van der Waals surface area contributed by atoms with Gasteiger partial charge in [0.25, 0.3) is 5.91 Å². The van der Waals surface area contributed by atoms with Gasteiger partial charge in [0.1, 0.15) is 5.75 Å². The van der Waals surface area contributed by atoms with Crippen molar-refractivity contribution in [3.05, 3.63) is 28.3 Å². The molecule has 0 fully saturated rings. The third kappa shape index (κ3) is 5.74. The number of nitrogens with zero attached hydrogens (tertiary/aromatic N) is 2. The average molecular weight is 334 g/mol. The summed E-state index contributed by atoms with van der Waals surface area (Å²) in [5.74, 6) is 0.254. The Balaban J connectivity index is 0.00000441. The van der Waals surface area contributed by atoms with E-state index in [0.29, 0.717) is 18.8 Å². The zero-order valence-electron chi connectivity index (χ0n) is 12.7. The van der Waals surface area contributed by atoms with Gasteiger partial charge in [0.2, 0.25) is 5.75 Å². The molecular weight excluding hydrogens is 314 g/mol. The second-order valence-corrected chi connectivity index (χ2v) is 4.30. The van der Waals surface area contributed by atoms with Gasteiger partial charge in [-0.1, -0.05) is 0 Å². The smallest absolute Gasteiger partial charge is 0.311 e. The van der Waals surface area contributed by atoms with Gasteiger partial charge in [-0.3, -0.25) is 14.9 Å². The molecule has 0 aliphatic heterocycles. The van der Waals surface area contributed by atoms with Crippen LogP contribution in [0.4, 0.5) is 5.69 Å². The van der Waals surface area contributed by atoms with Crippen LogP contribution in [0.3, 0.4) is 0 Å². The van der Waals surface area contributed by atoms with Gasteiger partial charge in [0.05, 0.1) is 12.0 Å². The van der Waals surface area contributed by atoms with Crippen molar-refractivity contribution in [2.45, 2.75) is 0 Å². The molecular formula is C13H20ClN3O5. The fraction of sp³-hybridized carbons (Fsp3) is 0.462. The normalized spacial score (nSPS) is 9.59. The average Bonchev–Trinajstić information content (AvgIpc) is 2.49. The summed E-state index contributed by atoms with van der Waals surface area (Å²) in [7, 11) is 4.82. The number of hydrogen-bond acceptors (Lipinski definition) is 6. The van der Waals surface area contributed by atoms with Gasteiger partial charge in [-0.2, -0.15) is 0 Å². The number of methoxy groups -OCH3 is 1. The maximum atomic E-state index is 11.8. The van der Waals surface area contributed by atoms with Crippen LogP contribution in [0.25, 0.3) is 0 Å². The molecule has 0 heterocycles. The summed E-state index contributed by atoms with van der Waals surface area (Å²) in [5, 5.41) is 13.7.